The second-order valence-corrected chi connectivity index (χ2v) is 19.2. The fraction of sp³-hybridized carbons (Fsp3) is 0.435. The van der Waals surface area contributed by atoms with Crippen LogP contribution in [0.1, 0.15) is 85.4 Å². The van der Waals surface area contributed by atoms with E-state index in [4.69, 9.17) is 24.7 Å². The first-order chi connectivity index (χ1) is 32.7. The molecule has 4 unspecified atom stereocenters. The number of nitrogen functional groups attached to an aromatic ring is 1. The zero-order valence-electron chi connectivity index (χ0n) is 38.1. The summed E-state index contributed by atoms with van der Waals surface area (Å²) in [6.45, 7) is 6.19. The number of aromatic carboxylic acids is 1. The third-order valence-electron chi connectivity index (χ3n) is 11.8. The number of anilines is 1. The van der Waals surface area contributed by atoms with E-state index in [-0.39, 0.29) is 84.7 Å². The zero-order valence-corrected chi connectivity index (χ0v) is 39.7. The minimum atomic E-state index is -5.17. The van der Waals surface area contributed by atoms with Crippen molar-refractivity contribution in [2.75, 3.05) is 45.7 Å². The first kappa shape index (κ1) is 53.6. The third kappa shape index (κ3) is 13.7. The Morgan fingerprint density at radius 3 is 2.25 bits per heavy atom. The molecule has 3 amide bonds. The second kappa shape index (κ2) is 23.7. The lowest BCUT2D eigenvalue weighted by Crippen LogP contribution is -2.47. The van der Waals surface area contributed by atoms with E-state index in [9.17, 15) is 55.0 Å². The Balaban J connectivity index is 1.32. The molecule has 4 atom stereocenters. The summed E-state index contributed by atoms with van der Waals surface area (Å²) >= 11 is 0. The molecule has 69 heavy (non-hydrogen) atoms. The molecule has 0 saturated heterocycles. The Hall–Kier alpha value is -6.40. The fourth-order valence-electron chi connectivity index (χ4n) is 8.45. The molecule has 2 aromatic carbocycles. The SMILES string of the molecule is C=CCCC1C(CCCC)C1COC(=O)NC(CCCCNC(=O)c1ccc(-c2c3ccc(=NC)c(S(=O)(=O)O)c-3oc3c(S(=O)(=O)O)c(N)ccc23)c(C(=O)O)c1)C(=O)NCCOCCC(=O)O. The summed E-state index contributed by atoms with van der Waals surface area (Å²) < 4.78 is 87.8. The highest BCUT2D eigenvalue weighted by atomic mass is 32.2. The van der Waals surface area contributed by atoms with Crippen molar-refractivity contribution in [3.8, 4) is 22.5 Å². The first-order valence-corrected chi connectivity index (χ1v) is 25.1. The van der Waals surface area contributed by atoms with Gasteiger partial charge in [0.2, 0.25) is 5.91 Å². The molecule has 5 rings (SSSR count). The lowest BCUT2D eigenvalue weighted by Gasteiger charge is -2.20. The number of fused-ring (bicyclic) bond motifs is 2. The van der Waals surface area contributed by atoms with Crippen molar-refractivity contribution in [2.24, 2.45) is 22.7 Å². The molecule has 9 N–H and O–H groups in total. The van der Waals surface area contributed by atoms with Gasteiger partial charge in [-0.3, -0.25) is 28.5 Å². The molecule has 23 heteroatoms. The quantitative estimate of drug-likeness (QED) is 0.0133. The van der Waals surface area contributed by atoms with Crippen molar-refractivity contribution in [1.82, 2.24) is 16.0 Å². The van der Waals surface area contributed by atoms with E-state index >= 15 is 0 Å². The molecule has 0 aromatic heterocycles. The van der Waals surface area contributed by atoms with Crippen molar-refractivity contribution >= 4 is 66.7 Å². The minimum absolute atomic E-state index is 0.0312. The number of aliphatic carboxylic acids is 1. The van der Waals surface area contributed by atoms with Crippen LogP contribution in [-0.4, -0.2) is 112 Å². The van der Waals surface area contributed by atoms with Gasteiger partial charge in [-0.05, 0) is 98.2 Å². The van der Waals surface area contributed by atoms with Crippen LogP contribution in [0.25, 0.3) is 33.4 Å². The Morgan fingerprint density at radius 1 is 0.884 bits per heavy atom. The number of carboxylic acid groups (broad SMARTS) is 2. The van der Waals surface area contributed by atoms with E-state index in [1.165, 1.54) is 37.4 Å². The van der Waals surface area contributed by atoms with Gasteiger partial charge in [-0.1, -0.05) is 31.9 Å². The molecule has 21 nitrogen and oxygen atoms in total. The standard InChI is InChI=1S/C46H57N5O16S2/c1-4-6-10-27-28(11-7-5-2)33(27)25-66-46(58)51-36(44(55)50-21-23-65-22-19-37(52)53)12-8-9-20-49-43(54)26-13-14-29(32(24-26)45(56)57)38-30-15-17-34(47)41(68(59,60)61)39(30)67-40-31(38)16-18-35(48-3)42(40)69(62,63)64/h4,13-18,24,27-28,33,36H,1,5-12,19-23,25,47H2,2-3H3,(H,49,54)(H,50,55)(H,51,58)(H,52,53)(H,56,57)(H,59,60,61)(H,62,63,64). The summed E-state index contributed by atoms with van der Waals surface area (Å²) in [4.78, 5) is 65.4. The Morgan fingerprint density at radius 2 is 1.59 bits per heavy atom. The number of carbonyl (C=O) groups is 5. The largest absolute Gasteiger partial charge is 0.481 e. The van der Waals surface area contributed by atoms with Gasteiger partial charge in [0.1, 0.15) is 6.04 Å². The number of unbranched alkanes of at least 4 members (excludes halogenated alkanes) is 2. The summed E-state index contributed by atoms with van der Waals surface area (Å²) in [6.07, 6.45) is 6.60. The third-order valence-corrected chi connectivity index (χ3v) is 13.7. The van der Waals surface area contributed by atoms with Gasteiger partial charge >= 0.3 is 18.0 Å². The van der Waals surface area contributed by atoms with Crippen molar-refractivity contribution in [3.63, 3.8) is 0 Å². The van der Waals surface area contributed by atoms with Gasteiger partial charge in [-0.15, -0.1) is 6.58 Å². The smallest absolute Gasteiger partial charge is 0.407 e. The molecule has 0 spiro atoms. The normalized spacial score (nSPS) is 16.5. The topological polar surface area (TPSA) is 341 Å². The highest BCUT2D eigenvalue weighted by Crippen LogP contribution is 2.52. The highest BCUT2D eigenvalue weighted by Gasteiger charge is 2.49. The number of allylic oxidation sites excluding steroid dienone is 1. The number of alkyl carbamates (subject to hydrolysis) is 1. The molecule has 0 bridgehead atoms. The molecule has 1 heterocycles. The lowest BCUT2D eigenvalue weighted by atomic mass is 9.89. The minimum Gasteiger partial charge on any atom is -0.481 e. The molecule has 2 aromatic rings. The number of carboxylic acids is 2. The van der Waals surface area contributed by atoms with Crippen LogP contribution in [0.5, 0.6) is 0 Å². The molecule has 3 aliphatic rings. The van der Waals surface area contributed by atoms with Crippen molar-refractivity contribution < 1.29 is 74.0 Å². The van der Waals surface area contributed by atoms with Crippen LogP contribution in [-0.2, 0) is 39.3 Å². The van der Waals surface area contributed by atoms with Gasteiger partial charge in [0.15, 0.2) is 21.1 Å². The molecule has 1 fully saturated rings. The highest BCUT2D eigenvalue weighted by molar-refractivity contribution is 7.86. The Kier molecular flexibility index (Phi) is 18.4. The van der Waals surface area contributed by atoms with Crippen molar-refractivity contribution in [1.29, 1.82) is 0 Å². The maximum absolute atomic E-state index is 13.5. The number of hydrogen-bond acceptors (Lipinski definition) is 14. The number of amides is 3. The van der Waals surface area contributed by atoms with Gasteiger partial charge in [-0.2, -0.15) is 16.8 Å². The number of ether oxygens (including phenoxy) is 2. The Bertz CT molecular complexity index is 2850. The maximum atomic E-state index is 13.5. The number of nitrogens with zero attached hydrogens (tertiary/aromatic N) is 1. The monoisotopic (exact) mass is 999 g/mol. The van der Waals surface area contributed by atoms with Crippen LogP contribution in [0.15, 0.2) is 74.3 Å². The second-order valence-electron chi connectivity index (χ2n) is 16.5. The average molecular weight is 1000 g/mol. The zero-order chi connectivity index (χ0) is 50.6. The van der Waals surface area contributed by atoms with E-state index in [1.54, 1.807) is 0 Å². The molecular formula is C46H57N5O16S2. The Labute approximate surface area is 398 Å². The predicted octanol–water partition coefficient (Wildman–Crippen LogP) is 5.13. The van der Waals surface area contributed by atoms with Crippen LogP contribution < -0.4 is 27.0 Å². The molecule has 374 valence electrons. The van der Waals surface area contributed by atoms with E-state index < -0.39 is 88.5 Å². The number of rotatable bonds is 26. The fourth-order valence-corrected chi connectivity index (χ4v) is 10.0. The van der Waals surface area contributed by atoms with Gasteiger partial charge in [0, 0.05) is 42.2 Å². The number of nitrogens with one attached hydrogen (secondary N) is 3. The van der Waals surface area contributed by atoms with Crippen LogP contribution in [0, 0.1) is 17.8 Å². The lowest BCUT2D eigenvalue weighted by molar-refractivity contribution is -0.138. The summed E-state index contributed by atoms with van der Waals surface area (Å²) in [6, 6.07) is 7.41. The summed E-state index contributed by atoms with van der Waals surface area (Å²) in [5.74, 6) is -3.38. The van der Waals surface area contributed by atoms with Crippen LogP contribution in [0.4, 0.5) is 10.5 Å². The van der Waals surface area contributed by atoms with Crippen molar-refractivity contribution in [3.05, 3.63) is 71.6 Å². The van der Waals surface area contributed by atoms with E-state index in [0.717, 1.165) is 44.2 Å². The van der Waals surface area contributed by atoms with Crippen LogP contribution >= 0.6 is 0 Å². The van der Waals surface area contributed by atoms with E-state index in [1.807, 2.05) is 6.08 Å². The van der Waals surface area contributed by atoms with Gasteiger partial charge in [0.25, 0.3) is 26.1 Å². The molecule has 0 radical (unpaired) electrons. The first-order valence-electron chi connectivity index (χ1n) is 22.2. The number of benzene rings is 3. The molecule has 1 saturated carbocycles. The van der Waals surface area contributed by atoms with Crippen LogP contribution in [0.2, 0.25) is 0 Å². The van der Waals surface area contributed by atoms with Gasteiger partial charge in [-0.25, -0.2) is 9.59 Å². The van der Waals surface area contributed by atoms with E-state index in [0.29, 0.717) is 24.7 Å². The molecular weight excluding hydrogens is 943 g/mol. The molecule has 1 aliphatic heterocycles. The predicted molar refractivity (Wildman–Crippen MR) is 251 cm³/mol. The summed E-state index contributed by atoms with van der Waals surface area (Å²) in [5, 5.41) is 26.9. The van der Waals surface area contributed by atoms with Crippen LogP contribution in [0.3, 0.4) is 0 Å². The van der Waals surface area contributed by atoms with Crippen molar-refractivity contribution in [2.45, 2.75) is 80.5 Å². The average Bonchev–Trinajstić information content (AvgIpc) is 3.97. The molecule has 2 aliphatic carbocycles. The van der Waals surface area contributed by atoms with Gasteiger partial charge in [0.05, 0.1) is 42.8 Å². The van der Waals surface area contributed by atoms with Gasteiger partial charge < -0.3 is 45.8 Å². The van der Waals surface area contributed by atoms with E-state index in [2.05, 4.69) is 34.4 Å². The summed E-state index contributed by atoms with van der Waals surface area (Å²) in [5.41, 5.74) is 3.74. The number of nitrogens with two attached hydrogens (primary N) is 1. The number of carbonyl (C=O) groups excluding carboxylic acids is 3. The number of hydrogen-bond donors (Lipinski definition) is 8. The maximum Gasteiger partial charge on any atom is 0.407 e. The summed E-state index contributed by atoms with van der Waals surface area (Å²) in [7, 11) is -9.12.